The lowest BCUT2D eigenvalue weighted by atomic mass is 9.93. The van der Waals surface area contributed by atoms with Crippen molar-refractivity contribution in [3.63, 3.8) is 0 Å². The van der Waals surface area contributed by atoms with Crippen LogP contribution in [0.1, 0.15) is 45.4 Å². The molecule has 1 aliphatic rings. The van der Waals surface area contributed by atoms with Gasteiger partial charge in [-0.2, -0.15) is 0 Å². The molecule has 0 aromatic carbocycles. The highest BCUT2D eigenvalue weighted by Gasteiger charge is 2.37. The Morgan fingerprint density at radius 2 is 2.00 bits per heavy atom. The van der Waals surface area contributed by atoms with Crippen molar-refractivity contribution in [2.75, 3.05) is 6.54 Å². The minimum Gasteiger partial charge on any atom is -0.481 e. The van der Waals surface area contributed by atoms with Crippen LogP contribution in [0.2, 0.25) is 0 Å². The van der Waals surface area contributed by atoms with Gasteiger partial charge in [0.25, 0.3) is 0 Å². The molecule has 2 amide bonds. The van der Waals surface area contributed by atoms with E-state index in [4.69, 9.17) is 5.11 Å². The van der Waals surface area contributed by atoms with Gasteiger partial charge >= 0.3 is 12.0 Å². The molecule has 3 N–H and O–H groups in total. The topological polar surface area (TPSA) is 78.4 Å². The second-order valence-corrected chi connectivity index (χ2v) is 4.80. The van der Waals surface area contributed by atoms with Crippen LogP contribution < -0.4 is 10.6 Å². The van der Waals surface area contributed by atoms with Gasteiger partial charge < -0.3 is 15.7 Å². The Bertz CT molecular complexity index is 320. The fourth-order valence-corrected chi connectivity index (χ4v) is 2.41. The summed E-state index contributed by atoms with van der Waals surface area (Å²) in [5.41, 5.74) is -0.545. The first-order chi connectivity index (χ1) is 8.58. The third-order valence-electron chi connectivity index (χ3n) is 3.26. The van der Waals surface area contributed by atoms with Gasteiger partial charge in [0.05, 0.1) is 12.0 Å². The van der Waals surface area contributed by atoms with Crippen LogP contribution in [-0.4, -0.2) is 29.2 Å². The van der Waals surface area contributed by atoms with E-state index >= 15 is 0 Å². The van der Waals surface area contributed by atoms with Crippen LogP contribution in [-0.2, 0) is 4.79 Å². The summed E-state index contributed by atoms with van der Waals surface area (Å²) >= 11 is 0. The van der Waals surface area contributed by atoms with Crippen LogP contribution in [0.4, 0.5) is 4.79 Å². The molecule has 0 radical (unpaired) electrons. The van der Waals surface area contributed by atoms with Crippen LogP contribution in [0.15, 0.2) is 12.2 Å². The lowest BCUT2D eigenvalue weighted by Crippen LogP contribution is -2.51. The Morgan fingerprint density at radius 3 is 2.56 bits per heavy atom. The molecule has 102 valence electrons. The molecule has 0 aromatic heterocycles. The van der Waals surface area contributed by atoms with Crippen LogP contribution in [0.25, 0.3) is 0 Å². The highest BCUT2D eigenvalue weighted by molar-refractivity contribution is 5.76. The Hall–Kier alpha value is -1.52. The third kappa shape index (κ3) is 4.77. The number of rotatable bonds is 6. The average Bonchev–Trinajstić information content (AvgIpc) is 2.71. The zero-order valence-electron chi connectivity index (χ0n) is 10.9. The maximum absolute atomic E-state index is 11.7. The van der Waals surface area contributed by atoms with E-state index in [1.165, 1.54) is 0 Å². The zero-order chi connectivity index (χ0) is 13.4. The fourth-order valence-electron chi connectivity index (χ4n) is 2.41. The molecular formula is C13H22N2O3. The third-order valence-corrected chi connectivity index (χ3v) is 3.26. The molecular weight excluding hydrogens is 232 g/mol. The van der Waals surface area contributed by atoms with E-state index in [-0.39, 0.29) is 12.5 Å². The van der Waals surface area contributed by atoms with Gasteiger partial charge in [0.1, 0.15) is 0 Å². The SMILES string of the molecule is C/C=C/CCNC(=O)NC1(CC(=O)O)CCCC1. The summed E-state index contributed by atoms with van der Waals surface area (Å²) in [6, 6.07) is -0.261. The Balaban J connectivity index is 2.41. The lowest BCUT2D eigenvalue weighted by Gasteiger charge is -2.28. The summed E-state index contributed by atoms with van der Waals surface area (Å²) in [5.74, 6) is -0.855. The van der Waals surface area contributed by atoms with Gasteiger partial charge in [0.15, 0.2) is 0 Å². The summed E-state index contributed by atoms with van der Waals surface area (Å²) in [6.07, 6.45) is 8.16. The van der Waals surface area contributed by atoms with Crippen molar-refractivity contribution in [2.45, 2.75) is 51.0 Å². The summed E-state index contributed by atoms with van der Waals surface area (Å²) in [4.78, 5) is 22.6. The van der Waals surface area contributed by atoms with Crippen molar-refractivity contribution < 1.29 is 14.7 Å². The number of urea groups is 1. The van der Waals surface area contributed by atoms with Crippen molar-refractivity contribution in [1.82, 2.24) is 10.6 Å². The van der Waals surface area contributed by atoms with Crippen molar-refractivity contribution in [1.29, 1.82) is 0 Å². The lowest BCUT2D eigenvalue weighted by molar-refractivity contribution is -0.138. The number of nitrogens with one attached hydrogen (secondary N) is 2. The van der Waals surface area contributed by atoms with Crippen molar-refractivity contribution >= 4 is 12.0 Å². The number of aliphatic carboxylic acids is 1. The maximum Gasteiger partial charge on any atom is 0.315 e. The maximum atomic E-state index is 11.7. The summed E-state index contributed by atoms with van der Waals surface area (Å²) in [7, 11) is 0. The second-order valence-electron chi connectivity index (χ2n) is 4.80. The van der Waals surface area contributed by atoms with Crippen LogP contribution >= 0.6 is 0 Å². The standard InChI is InChI=1S/C13H22N2O3/c1-2-3-6-9-14-12(18)15-13(10-11(16)17)7-4-5-8-13/h2-3H,4-10H2,1H3,(H,16,17)(H2,14,15,18)/b3-2+. The Morgan fingerprint density at radius 1 is 1.33 bits per heavy atom. The molecule has 1 rings (SSSR count). The predicted octanol–water partition coefficient (Wildman–Crippen LogP) is 2.04. The number of carbonyl (C=O) groups excluding carboxylic acids is 1. The van der Waals surface area contributed by atoms with Crippen molar-refractivity contribution in [3.8, 4) is 0 Å². The Kier molecular flexibility index (Phi) is 5.68. The van der Waals surface area contributed by atoms with Gasteiger partial charge in [-0.25, -0.2) is 4.79 Å². The smallest absolute Gasteiger partial charge is 0.315 e. The summed E-state index contributed by atoms with van der Waals surface area (Å²) < 4.78 is 0. The number of hydrogen-bond acceptors (Lipinski definition) is 2. The number of carboxylic acid groups (broad SMARTS) is 1. The van der Waals surface area contributed by atoms with E-state index in [9.17, 15) is 9.59 Å². The molecule has 1 fully saturated rings. The zero-order valence-corrected chi connectivity index (χ0v) is 10.9. The monoisotopic (exact) mass is 254 g/mol. The minimum atomic E-state index is -0.855. The van der Waals surface area contributed by atoms with E-state index in [1.807, 2.05) is 19.1 Å². The van der Waals surface area contributed by atoms with Crippen LogP contribution in [0, 0.1) is 0 Å². The first-order valence-electron chi connectivity index (χ1n) is 6.47. The molecule has 1 aliphatic carbocycles. The Labute approximate surface area is 108 Å². The molecule has 0 aliphatic heterocycles. The molecule has 0 aromatic rings. The number of hydrogen-bond donors (Lipinski definition) is 3. The van der Waals surface area contributed by atoms with Gasteiger partial charge in [-0.05, 0) is 26.2 Å². The number of allylic oxidation sites excluding steroid dienone is 1. The highest BCUT2D eigenvalue weighted by atomic mass is 16.4. The predicted molar refractivity (Wildman–Crippen MR) is 69.4 cm³/mol. The summed E-state index contributed by atoms with van der Waals surface area (Å²) in [6.45, 7) is 2.50. The van der Waals surface area contributed by atoms with E-state index < -0.39 is 11.5 Å². The molecule has 0 atom stereocenters. The van der Waals surface area contributed by atoms with Gasteiger partial charge in [0, 0.05) is 6.54 Å². The second kappa shape index (κ2) is 7.03. The van der Waals surface area contributed by atoms with Gasteiger partial charge in [-0.3, -0.25) is 4.79 Å². The van der Waals surface area contributed by atoms with E-state index in [2.05, 4.69) is 10.6 Å². The first-order valence-corrected chi connectivity index (χ1v) is 6.47. The van der Waals surface area contributed by atoms with Crippen molar-refractivity contribution in [2.24, 2.45) is 0 Å². The van der Waals surface area contributed by atoms with Crippen molar-refractivity contribution in [3.05, 3.63) is 12.2 Å². The van der Waals surface area contributed by atoms with Gasteiger partial charge in [0.2, 0.25) is 0 Å². The molecule has 0 heterocycles. The molecule has 0 spiro atoms. The van der Waals surface area contributed by atoms with Crippen LogP contribution in [0.3, 0.4) is 0 Å². The molecule has 1 saturated carbocycles. The number of carboxylic acids is 1. The largest absolute Gasteiger partial charge is 0.481 e. The quantitative estimate of drug-likeness (QED) is 0.501. The first kappa shape index (κ1) is 14.5. The fraction of sp³-hybridized carbons (Fsp3) is 0.692. The highest BCUT2D eigenvalue weighted by Crippen LogP contribution is 2.32. The minimum absolute atomic E-state index is 0.00921. The van der Waals surface area contributed by atoms with E-state index in [1.54, 1.807) is 0 Å². The van der Waals surface area contributed by atoms with E-state index in [0.717, 1.165) is 32.1 Å². The molecule has 0 saturated heterocycles. The van der Waals surface area contributed by atoms with Gasteiger partial charge in [-0.1, -0.05) is 25.0 Å². The molecule has 5 heteroatoms. The van der Waals surface area contributed by atoms with Crippen LogP contribution in [0.5, 0.6) is 0 Å². The molecule has 0 unspecified atom stereocenters. The molecule has 18 heavy (non-hydrogen) atoms. The average molecular weight is 254 g/mol. The van der Waals surface area contributed by atoms with E-state index in [0.29, 0.717) is 6.54 Å². The normalized spacial score (nSPS) is 17.8. The van der Waals surface area contributed by atoms with Gasteiger partial charge in [-0.15, -0.1) is 0 Å². The summed E-state index contributed by atoms with van der Waals surface area (Å²) in [5, 5.41) is 14.5. The number of amides is 2. The molecule has 0 bridgehead atoms. The number of carbonyl (C=O) groups is 2. The molecule has 5 nitrogen and oxygen atoms in total.